The van der Waals surface area contributed by atoms with E-state index in [9.17, 15) is 4.79 Å². The topological polar surface area (TPSA) is 63.4 Å². The molecule has 0 fully saturated rings. The zero-order valence-electron chi connectivity index (χ0n) is 10.2. The van der Waals surface area contributed by atoms with Gasteiger partial charge in [0, 0.05) is 18.3 Å². The molecule has 0 unspecified atom stereocenters. The number of rotatable bonds is 2. The molecule has 3 rings (SSSR count). The number of hydrogen-bond acceptors (Lipinski definition) is 3. The molecule has 1 aromatic carbocycles. The van der Waals surface area contributed by atoms with Crippen LogP contribution in [0.15, 0.2) is 24.4 Å². The second kappa shape index (κ2) is 5.26. The fourth-order valence-electron chi connectivity index (χ4n) is 1.85. The molecule has 7 heteroatoms. The van der Waals surface area contributed by atoms with Crippen LogP contribution in [0.3, 0.4) is 0 Å². The summed E-state index contributed by atoms with van der Waals surface area (Å²) in [6.07, 6.45) is 1.53. The molecule has 0 saturated carbocycles. The predicted octanol–water partition coefficient (Wildman–Crippen LogP) is 3.35. The third-order valence-corrected chi connectivity index (χ3v) is 3.30. The highest BCUT2D eigenvalue weighted by Gasteiger charge is 2.17. The number of aromatic amines is 1. The quantitative estimate of drug-likeness (QED) is 0.894. The molecule has 20 heavy (non-hydrogen) atoms. The molecular weight excluding hydrogens is 303 g/mol. The summed E-state index contributed by atoms with van der Waals surface area (Å²) in [5.41, 5.74) is 0.799. The van der Waals surface area contributed by atoms with Crippen LogP contribution in [0, 0.1) is 0 Å². The summed E-state index contributed by atoms with van der Waals surface area (Å²) in [6, 6.07) is 4.79. The van der Waals surface area contributed by atoms with E-state index < -0.39 is 0 Å². The van der Waals surface area contributed by atoms with Crippen molar-refractivity contribution in [2.75, 3.05) is 18.5 Å². The van der Waals surface area contributed by atoms with Gasteiger partial charge in [-0.15, -0.1) is 0 Å². The van der Waals surface area contributed by atoms with E-state index in [1.807, 2.05) is 0 Å². The Morgan fingerprint density at radius 2 is 1.85 bits per heavy atom. The highest BCUT2D eigenvalue weighted by Crippen LogP contribution is 2.38. The number of hydrogen-bond donors (Lipinski definition) is 2. The number of amides is 1. The van der Waals surface area contributed by atoms with E-state index in [0.717, 1.165) is 0 Å². The Hall–Kier alpha value is -1.85. The molecule has 2 N–H and O–H groups in total. The minimum absolute atomic E-state index is 0.338. The maximum atomic E-state index is 12.0. The first-order valence-electron chi connectivity index (χ1n) is 5.88. The summed E-state index contributed by atoms with van der Waals surface area (Å²) in [5.74, 6) is 0.790. The van der Waals surface area contributed by atoms with Crippen molar-refractivity contribution in [2.45, 2.75) is 0 Å². The number of benzene rings is 1. The summed E-state index contributed by atoms with van der Waals surface area (Å²) in [6.45, 7) is 0.949. The van der Waals surface area contributed by atoms with Crippen molar-refractivity contribution in [3.8, 4) is 11.5 Å². The van der Waals surface area contributed by atoms with Gasteiger partial charge in [0.05, 0.1) is 15.7 Å². The SMILES string of the molecule is O=C(Nc1cc2c(cc1Cl)OCCO2)c1cc(Cl)c[nH]1. The summed E-state index contributed by atoms with van der Waals surface area (Å²) in [7, 11) is 0. The lowest BCUT2D eigenvalue weighted by Gasteiger charge is -2.19. The Labute approximate surface area is 124 Å². The molecule has 2 aromatic rings. The maximum Gasteiger partial charge on any atom is 0.272 e. The van der Waals surface area contributed by atoms with Gasteiger partial charge in [0.2, 0.25) is 0 Å². The van der Waals surface area contributed by atoms with Gasteiger partial charge in [0.25, 0.3) is 5.91 Å². The summed E-state index contributed by atoms with van der Waals surface area (Å²) >= 11 is 11.9. The Morgan fingerprint density at radius 3 is 2.50 bits per heavy atom. The van der Waals surface area contributed by atoms with Crippen molar-refractivity contribution in [3.05, 3.63) is 40.1 Å². The number of nitrogens with one attached hydrogen (secondary N) is 2. The van der Waals surface area contributed by atoms with Crippen LogP contribution in [0.5, 0.6) is 11.5 Å². The number of H-pyrrole nitrogens is 1. The number of aromatic nitrogens is 1. The van der Waals surface area contributed by atoms with Crippen molar-refractivity contribution in [1.82, 2.24) is 4.98 Å². The molecule has 0 atom stereocenters. The smallest absolute Gasteiger partial charge is 0.272 e. The van der Waals surface area contributed by atoms with Gasteiger partial charge in [-0.2, -0.15) is 0 Å². The fraction of sp³-hybridized carbons (Fsp3) is 0.154. The van der Waals surface area contributed by atoms with Gasteiger partial charge in [-0.1, -0.05) is 23.2 Å². The van der Waals surface area contributed by atoms with Crippen molar-refractivity contribution < 1.29 is 14.3 Å². The van der Waals surface area contributed by atoms with E-state index in [1.165, 1.54) is 12.3 Å². The van der Waals surface area contributed by atoms with E-state index in [-0.39, 0.29) is 5.91 Å². The third kappa shape index (κ3) is 2.55. The number of fused-ring (bicyclic) bond motifs is 1. The van der Waals surface area contributed by atoms with Gasteiger partial charge in [0.1, 0.15) is 18.9 Å². The molecule has 1 aliphatic rings. The highest BCUT2D eigenvalue weighted by molar-refractivity contribution is 6.34. The van der Waals surface area contributed by atoms with Crippen LogP contribution < -0.4 is 14.8 Å². The van der Waals surface area contributed by atoms with E-state index >= 15 is 0 Å². The molecule has 5 nitrogen and oxygen atoms in total. The van der Waals surface area contributed by atoms with E-state index in [0.29, 0.717) is 46.1 Å². The van der Waals surface area contributed by atoms with Gasteiger partial charge < -0.3 is 19.8 Å². The Balaban J connectivity index is 1.85. The van der Waals surface area contributed by atoms with Gasteiger partial charge in [-0.3, -0.25) is 4.79 Å². The van der Waals surface area contributed by atoms with Crippen molar-refractivity contribution in [2.24, 2.45) is 0 Å². The number of carbonyl (C=O) groups excluding carboxylic acids is 1. The second-order valence-corrected chi connectivity index (χ2v) is 5.01. The zero-order chi connectivity index (χ0) is 14.1. The molecule has 0 spiro atoms. The lowest BCUT2D eigenvalue weighted by molar-refractivity contribution is 0.102. The molecule has 104 valence electrons. The normalized spacial score (nSPS) is 13.1. The molecule has 1 aliphatic heterocycles. The molecule has 0 radical (unpaired) electrons. The largest absolute Gasteiger partial charge is 0.486 e. The molecule has 0 saturated heterocycles. The van der Waals surface area contributed by atoms with Crippen LogP contribution in [-0.4, -0.2) is 24.1 Å². The van der Waals surface area contributed by atoms with E-state index in [4.69, 9.17) is 32.7 Å². The highest BCUT2D eigenvalue weighted by atomic mass is 35.5. The molecular formula is C13H10Cl2N2O3. The Kier molecular flexibility index (Phi) is 3.46. The fourth-order valence-corrected chi connectivity index (χ4v) is 2.21. The van der Waals surface area contributed by atoms with Crippen molar-refractivity contribution in [1.29, 1.82) is 0 Å². The van der Waals surface area contributed by atoms with Crippen LogP contribution >= 0.6 is 23.2 Å². The summed E-state index contributed by atoms with van der Waals surface area (Å²) in [5, 5.41) is 3.53. The van der Waals surface area contributed by atoms with E-state index in [2.05, 4.69) is 10.3 Å². The van der Waals surface area contributed by atoms with E-state index in [1.54, 1.807) is 12.1 Å². The predicted molar refractivity (Wildman–Crippen MR) is 76.2 cm³/mol. The lowest BCUT2D eigenvalue weighted by atomic mass is 10.2. The Bertz CT molecular complexity index is 670. The second-order valence-electron chi connectivity index (χ2n) is 4.16. The lowest BCUT2D eigenvalue weighted by Crippen LogP contribution is -2.17. The molecule has 0 bridgehead atoms. The van der Waals surface area contributed by atoms with Gasteiger partial charge in [-0.25, -0.2) is 0 Å². The van der Waals surface area contributed by atoms with Crippen molar-refractivity contribution >= 4 is 34.8 Å². The Morgan fingerprint density at radius 1 is 1.15 bits per heavy atom. The van der Waals surface area contributed by atoms with Crippen LogP contribution in [-0.2, 0) is 0 Å². The summed E-state index contributed by atoms with van der Waals surface area (Å²) in [4.78, 5) is 14.8. The number of anilines is 1. The maximum absolute atomic E-state index is 12.0. The average Bonchev–Trinajstić information content (AvgIpc) is 2.86. The molecule has 1 aromatic heterocycles. The summed E-state index contributed by atoms with van der Waals surface area (Å²) < 4.78 is 10.9. The zero-order valence-corrected chi connectivity index (χ0v) is 11.7. The third-order valence-electron chi connectivity index (χ3n) is 2.77. The molecule has 2 heterocycles. The standard InChI is InChI=1S/C13H10Cl2N2O3/c14-7-3-10(16-6-7)13(18)17-9-5-12-11(4-8(9)15)19-1-2-20-12/h3-6,16H,1-2H2,(H,17,18). The number of halogens is 2. The van der Waals surface area contributed by atoms with Crippen molar-refractivity contribution in [3.63, 3.8) is 0 Å². The van der Waals surface area contributed by atoms with Crippen LogP contribution in [0.1, 0.15) is 10.5 Å². The van der Waals surface area contributed by atoms with Gasteiger partial charge in [0.15, 0.2) is 11.5 Å². The number of carbonyl (C=O) groups is 1. The monoisotopic (exact) mass is 312 g/mol. The first kappa shape index (κ1) is 13.1. The average molecular weight is 313 g/mol. The minimum atomic E-state index is -0.338. The first-order chi connectivity index (χ1) is 9.63. The van der Waals surface area contributed by atoms with Gasteiger partial charge >= 0.3 is 0 Å². The minimum Gasteiger partial charge on any atom is -0.486 e. The van der Waals surface area contributed by atoms with Crippen LogP contribution in [0.25, 0.3) is 0 Å². The number of ether oxygens (including phenoxy) is 2. The molecule has 1 amide bonds. The first-order valence-corrected chi connectivity index (χ1v) is 6.63. The van der Waals surface area contributed by atoms with Gasteiger partial charge in [-0.05, 0) is 6.07 Å². The van der Waals surface area contributed by atoms with Crippen LogP contribution in [0.4, 0.5) is 5.69 Å². The molecule has 0 aliphatic carbocycles. The van der Waals surface area contributed by atoms with Crippen LogP contribution in [0.2, 0.25) is 10.0 Å².